The summed E-state index contributed by atoms with van der Waals surface area (Å²) in [6, 6.07) is 12.2. The number of hydrogen-bond acceptors (Lipinski definition) is 7. The van der Waals surface area contributed by atoms with Gasteiger partial charge >= 0.3 is 12.3 Å². The monoisotopic (exact) mass is 634 g/mol. The van der Waals surface area contributed by atoms with Gasteiger partial charge in [0.1, 0.15) is 5.60 Å². The number of rotatable bonds is 5. The normalized spacial score (nSPS) is 14.2. The number of H-pyrrole nitrogens is 2. The summed E-state index contributed by atoms with van der Waals surface area (Å²) in [6.45, 7) is 8.88. The number of aromatic amines is 2. The molecular weight excluding hydrogens is 601 g/mol. The molecule has 240 valence electrons. The Hall–Kier alpha value is -5.27. The van der Waals surface area contributed by atoms with E-state index in [1.54, 1.807) is 23.2 Å². The van der Waals surface area contributed by atoms with Gasteiger partial charge in [-0.1, -0.05) is 12.1 Å². The van der Waals surface area contributed by atoms with Crippen LogP contribution in [-0.2, 0) is 10.9 Å². The van der Waals surface area contributed by atoms with Crippen LogP contribution < -0.4 is 15.5 Å². The summed E-state index contributed by atoms with van der Waals surface area (Å²) < 4.78 is 46.4. The number of carbonyl (C=O) groups is 2. The van der Waals surface area contributed by atoms with Crippen LogP contribution in [0.25, 0.3) is 21.9 Å². The fourth-order valence-corrected chi connectivity index (χ4v) is 5.40. The fraction of sp³-hybridized carbons (Fsp3) is 0.312. The first-order valence-electron chi connectivity index (χ1n) is 14.7. The average molecular weight is 635 g/mol. The highest BCUT2D eigenvalue weighted by Crippen LogP contribution is 2.36. The van der Waals surface area contributed by atoms with Gasteiger partial charge in [0, 0.05) is 37.3 Å². The quantitative estimate of drug-likeness (QED) is 0.167. The highest BCUT2D eigenvalue weighted by atomic mass is 19.4. The molecule has 3 aromatic carbocycles. The first-order chi connectivity index (χ1) is 21.7. The summed E-state index contributed by atoms with van der Waals surface area (Å²) in [5, 5.41) is 13.6. The number of ether oxygens (including phenoxy) is 1. The van der Waals surface area contributed by atoms with Gasteiger partial charge in [-0.2, -0.15) is 18.3 Å². The van der Waals surface area contributed by atoms with Gasteiger partial charge in [-0.3, -0.25) is 9.89 Å². The predicted octanol–water partition coefficient (Wildman–Crippen LogP) is 6.82. The number of nitrogens with one attached hydrogen (secondary N) is 4. The molecule has 2 aromatic heterocycles. The molecule has 1 saturated heterocycles. The lowest BCUT2D eigenvalue weighted by Gasteiger charge is -2.37. The Kier molecular flexibility index (Phi) is 7.74. The standard InChI is InChI=1S/C32H33F3N8O3/c1-18-13-19-17-36-41-24(19)15-23(18)37-28(44)20-14-25-26(40-29(39-25)38-22-8-6-5-7-21(22)32(33,34)35)16-27(20)42-9-11-43(12-10-42)30(45)46-31(2,3)4/h5-8,13-17H,9-12H2,1-4H3,(H,36,41)(H,37,44)(H2,38,39,40). The number of nitrogens with zero attached hydrogens (tertiary/aromatic N) is 4. The van der Waals surface area contributed by atoms with Crippen molar-refractivity contribution >= 4 is 56.9 Å². The molecule has 0 bridgehead atoms. The Morgan fingerprint density at radius 1 is 0.957 bits per heavy atom. The van der Waals surface area contributed by atoms with Crippen LogP contribution in [0.5, 0.6) is 0 Å². The van der Waals surface area contributed by atoms with Crippen LogP contribution in [0, 0.1) is 6.92 Å². The maximum atomic E-state index is 13.9. The molecule has 0 radical (unpaired) electrons. The van der Waals surface area contributed by atoms with E-state index in [1.165, 1.54) is 18.2 Å². The van der Waals surface area contributed by atoms with E-state index in [9.17, 15) is 22.8 Å². The smallest absolute Gasteiger partial charge is 0.418 e. The number of benzene rings is 3. The van der Waals surface area contributed by atoms with Crippen molar-refractivity contribution in [3.8, 4) is 0 Å². The highest BCUT2D eigenvalue weighted by Gasteiger charge is 2.33. The van der Waals surface area contributed by atoms with Gasteiger partial charge < -0.3 is 30.2 Å². The van der Waals surface area contributed by atoms with Crippen molar-refractivity contribution in [3.05, 3.63) is 71.4 Å². The minimum atomic E-state index is -4.56. The van der Waals surface area contributed by atoms with E-state index in [4.69, 9.17) is 4.74 Å². The molecule has 11 nitrogen and oxygen atoms in total. The topological polar surface area (TPSA) is 131 Å². The Balaban J connectivity index is 1.33. The number of halogens is 3. The summed E-state index contributed by atoms with van der Waals surface area (Å²) in [4.78, 5) is 37.7. The molecule has 14 heteroatoms. The largest absolute Gasteiger partial charge is 0.444 e. The molecule has 2 amide bonds. The first-order valence-corrected chi connectivity index (χ1v) is 14.7. The van der Waals surface area contributed by atoms with Crippen molar-refractivity contribution in [2.24, 2.45) is 0 Å². The molecule has 4 N–H and O–H groups in total. The van der Waals surface area contributed by atoms with Crippen LogP contribution in [-0.4, -0.2) is 68.8 Å². The fourth-order valence-electron chi connectivity index (χ4n) is 5.40. The van der Waals surface area contributed by atoms with Crippen molar-refractivity contribution < 1.29 is 27.5 Å². The van der Waals surface area contributed by atoms with E-state index in [0.717, 1.165) is 22.5 Å². The third-order valence-electron chi connectivity index (χ3n) is 7.63. The number of anilines is 4. The lowest BCUT2D eigenvalue weighted by atomic mass is 10.1. The number of piperazine rings is 1. The van der Waals surface area contributed by atoms with Gasteiger partial charge in [-0.15, -0.1) is 0 Å². The number of para-hydroxylation sites is 1. The number of hydrogen-bond donors (Lipinski definition) is 4. The first kappa shape index (κ1) is 30.7. The second-order valence-electron chi connectivity index (χ2n) is 12.2. The zero-order valence-corrected chi connectivity index (χ0v) is 25.7. The van der Waals surface area contributed by atoms with Crippen molar-refractivity contribution in [2.45, 2.75) is 39.5 Å². The third kappa shape index (κ3) is 6.41. The maximum Gasteiger partial charge on any atom is 0.418 e. The number of aryl methyl sites for hydroxylation is 1. The highest BCUT2D eigenvalue weighted by molar-refractivity contribution is 6.11. The summed E-state index contributed by atoms with van der Waals surface area (Å²) in [7, 11) is 0. The Bertz CT molecular complexity index is 1930. The van der Waals surface area contributed by atoms with E-state index >= 15 is 0 Å². The van der Waals surface area contributed by atoms with Crippen LogP contribution in [0.2, 0.25) is 0 Å². The van der Waals surface area contributed by atoms with E-state index in [0.29, 0.717) is 54.2 Å². The van der Waals surface area contributed by atoms with Crippen LogP contribution >= 0.6 is 0 Å². The average Bonchev–Trinajstić information content (AvgIpc) is 3.61. The van der Waals surface area contributed by atoms with E-state index in [1.807, 2.05) is 44.7 Å². The van der Waals surface area contributed by atoms with Gasteiger partial charge in [-0.05, 0) is 69.7 Å². The SMILES string of the molecule is Cc1cc2cn[nH]c2cc1NC(=O)c1cc2nc(Nc3ccccc3C(F)(F)F)[nH]c2cc1N1CCN(C(=O)OC(C)(C)C)CC1. The molecule has 1 aliphatic rings. The molecule has 46 heavy (non-hydrogen) atoms. The molecule has 0 atom stereocenters. The number of aromatic nitrogens is 4. The molecule has 1 aliphatic heterocycles. The van der Waals surface area contributed by atoms with Crippen molar-refractivity contribution in [1.82, 2.24) is 25.1 Å². The van der Waals surface area contributed by atoms with E-state index in [2.05, 4.69) is 30.8 Å². The van der Waals surface area contributed by atoms with Gasteiger partial charge in [-0.25, -0.2) is 9.78 Å². The van der Waals surface area contributed by atoms with Crippen LogP contribution in [0.1, 0.15) is 42.3 Å². The lowest BCUT2D eigenvalue weighted by Crippen LogP contribution is -2.50. The van der Waals surface area contributed by atoms with Gasteiger partial charge in [0.15, 0.2) is 0 Å². The summed E-state index contributed by atoms with van der Waals surface area (Å²) in [5.41, 5.74) is 2.37. The molecule has 0 spiro atoms. The zero-order chi connectivity index (χ0) is 32.8. The van der Waals surface area contributed by atoms with Crippen LogP contribution in [0.3, 0.4) is 0 Å². The van der Waals surface area contributed by atoms with Crippen LogP contribution in [0.15, 0.2) is 54.7 Å². The summed E-state index contributed by atoms with van der Waals surface area (Å²) in [5.74, 6) is -0.307. The van der Waals surface area contributed by atoms with Gasteiger partial charge in [0.2, 0.25) is 5.95 Å². The second-order valence-corrected chi connectivity index (χ2v) is 12.2. The minimum Gasteiger partial charge on any atom is -0.444 e. The van der Waals surface area contributed by atoms with E-state index < -0.39 is 29.3 Å². The molecule has 0 saturated carbocycles. The molecule has 3 heterocycles. The van der Waals surface area contributed by atoms with Crippen LogP contribution in [0.4, 0.5) is 41.0 Å². The molecule has 6 rings (SSSR count). The summed E-state index contributed by atoms with van der Waals surface area (Å²) in [6.07, 6.45) is -3.27. The molecule has 5 aromatic rings. The number of carbonyl (C=O) groups excluding carboxylic acids is 2. The molecular formula is C32H33F3N8O3. The molecule has 1 fully saturated rings. The predicted molar refractivity (Wildman–Crippen MR) is 170 cm³/mol. The molecule has 0 aliphatic carbocycles. The minimum absolute atomic E-state index is 0.0884. The Morgan fingerprint density at radius 3 is 2.41 bits per heavy atom. The number of fused-ring (bicyclic) bond motifs is 2. The van der Waals surface area contributed by atoms with Crippen molar-refractivity contribution in [3.63, 3.8) is 0 Å². The van der Waals surface area contributed by atoms with Crippen molar-refractivity contribution in [2.75, 3.05) is 41.7 Å². The Morgan fingerprint density at radius 2 is 1.70 bits per heavy atom. The van der Waals surface area contributed by atoms with E-state index in [-0.39, 0.29) is 11.6 Å². The maximum absolute atomic E-state index is 13.9. The Labute approximate surface area is 262 Å². The lowest BCUT2D eigenvalue weighted by molar-refractivity contribution is -0.136. The van der Waals surface area contributed by atoms with Gasteiger partial charge in [0.25, 0.3) is 5.91 Å². The third-order valence-corrected chi connectivity index (χ3v) is 7.63. The number of imidazole rings is 1. The molecule has 0 unspecified atom stereocenters. The second kappa shape index (κ2) is 11.6. The van der Waals surface area contributed by atoms with Crippen molar-refractivity contribution in [1.29, 1.82) is 0 Å². The number of amides is 2. The zero-order valence-electron chi connectivity index (χ0n) is 25.7. The number of alkyl halides is 3. The summed E-state index contributed by atoms with van der Waals surface area (Å²) >= 11 is 0. The van der Waals surface area contributed by atoms with Gasteiger partial charge in [0.05, 0.1) is 45.2 Å².